The van der Waals surface area contributed by atoms with E-state index in [1.807, 2.05) is 0 Å². The van der Waals surface area contributed by atoms with Crippen molar-refractivity contribution in [1.29, 1.82) is 0 Å². The van der Waals surface area contributed by atoms with Gasteiger partial charge in [0.05, 0.1) is 19.6 Å². The second-order valence-electron chi connectivity index (χ2n) is 4.31. The Kier molecular flexibility index (Phi) is 21.1. The zero-order valence-corrected chi connectivity index (χ0v) is 18.2. The van der Waals surface area contributed by atoms with Gasteiger partial charge >= 0.3 is 0 Å². The van der Waals surface area contributed by atoms with Gasteiger partial charge in [0.2, 0.25) is 0 Å². The van der Waals surface area contributed by atoms with Crippen molar-refractivity contribution >= 4 is 0 Å². The van der Waals surface area contributed by atoms with E-state index in [4.69, 9.17) is 20.6 Å². The zero-order valence-electron chi connectivity index (χ0n) is 13.9. The minimum atomic E-state index is -4.01. The Hall–Kier alpha value is 0.360. The highest BCUT2D eigenvalue weighted by Crippen LogP contribution is 2.13. The molecule has 0 radical (unpaired) electrons. The number of hydrogen-bond donors (Lipinski definition) is 1. The largest absolute Gasteiger partial charge is 0.427 e. The maximum atomic E-state index is 8.57. The first-order chi connectivity index (χ1) is 10.2. The number of hydrogen-bond acceptors (Lipinski definition) is 6. The van der Waals surface area contributed by atoms with Crippen LogP contribution in [-0.4, -0.2) is 24.1 Å². The number of halogens is 2. The summed E-state index contributed by atoms with van der Waals surface area (Å²) < 4.78 is 52.6. The molecule has 0 amide bonds. The van der Waals surface area contributed by atoms with Crippen LogP contribution in [0.1, 0.15) is 26.3 Å². The fourth-order valence-electron chi connectivity index (χ4n) is 1.98. The van der Waals surface area contributed by atoms with E-state index in [0.717, 1.165) is 0 Å². The van der Waals surface area contributed by atoms with Crippen molar-refractivity contribution in [2.24, 2.45) is 0 Å². The van der Waals surface area contributed by atoms with E-state index in [2.05, 4.69) is 51.1 Å². The monoisotopic (exact) mass is 560 g/mol. The third-order valence-electron chi connectivity index (χ3n) is 3.37. The molecule has 1 aromatic carbocycles. The molecule has 0 saturated carbocycles. The number of rotatable bonds is 5. The Morgan fingerprint density at radius 3 is 1.30 bits per heavy atom. The normalized spacial score (nSPS) is 10.2. The third kappa shape index (κ3) is 18.5. The summed E-state index contributed by atoms with van der Waals surface area (Å²) in [5, 5.41) is 0. The van der Waals surface area contributed by atoms with Gasteiger partial charge in [0.15, 0.2) is 0 Å². The van der Waals surface area contributed by atoms with E-state index in [1.165, 1.54) is 36.2 Å². The Bertz CT molecular complexity index is 334. The molecule has 138 valence electrons. The lowest BCUT2D eigenvalue weighted by molar-refractivity contribution is -1.73. The molecule has 0 fully saturated rings. The number of benzene rings is 1. The summed E-state index contributed by atoms with van der Waals surface area (Å²) in [7, 11) is 0. The van der Waals surface area contributed by atoms with E-state index in [-0.39, 0.29) is 6.15 Å². The summed E-state index contributed by atoms with van der Waals surface area (Å²) in [4.78, 5) is 0. The maximum absolute atomic E-state index is 8.57. The molecule has 8 nitrogen and oxygen atoms in total. The smallest absolute Gasteiger partial charge is 0.282 e. The zero-order chi connectivity index (χ0) is 17.6. The molecule has 23 heavy (non-hydrogen) atoms. The molecule has 10 heteroatoms. The first-order valence-electron chi connectivity index (χ1n) is 6.58. The average Bonchev–Trinajstić information content (AvgIpc) is 2.45. The molecular formula is C13H26I2N2O6. The van der Waals surface area contributed by atoms with Crippen molar-refractivity contribution < 1.29 is 67.2 Å². The van der Waals surface area contributed by atoms with Crippen molar-refractivity contribution in [1.82, 2.24) is 6.15 Å². The van der Waals surface area contributed by atoms with Crippen molar-refractivity contribution in [3.05, 3.63) is 35.9 Å². The van der Waals surface area contributed by atoms with Gasteiger partial charge in [0, 0.05) is 5.56 Å². The average molecular weight is 560 g/mol. The molecule has 0 saturated heterocycles. The van der Waals surface area contributed by atoms with Gasteiger partial charge in [-0.15, -0.1) is 0 Å². The molecular weight excluding hydrogens is 534 g/mol. The second kappa shape index (κ2) is 17.2. The highest BCUT2D eigenvalue weighted by molar-refractivity contribution is 5.13. The highest BCUT2D eigenvalue weighted by Gasteiger charge is 2.20. The van der Waals surface area contributed by atoms with Gasteiger partial charge in [0.1, 0.15) is 6.54 Å². The highest BCUT2D eigenvalue weighted by atomic mass is 127. The lowest BCUT2D eigenvalue weighted by Crippen LogP contribution is -4.05. The van der Waals surface area contributed by atoms with Crippen molar-refractivity contribution in [3.63, 3.8) is 0 Å². The first-order valence-corrected chi connectivity index (χ1v) is 11.9. The molecule has 0 aliphatic carbocycles. The van der Waals surface area contributed by atoms with Crippen LogP contribution < -0.4 is 68.9 Å². The van der Waals surface area contributed by atoms with Gasteiger partial charge in [-0.2, -0.15) is 0 Å². The Morgan fingerprint density at radius 2 is 1.04 bits per heavy atom. The number of nitrogens with zero attached hydrogens (tertiary/aromatic N) is 1. The minimum Gasteiger partial charge on any atom is -0.427 e. The summed E-state index contributed by atoms with van der Waals surface area (Å²) in [6.07, 6.45) is 0. The van der Waals surface area contributed by atoms with E-state index in [1.54, 1.807) is 0 Å². The predicted molar refractivity (Wildman–Crippen MR) is 68.0 cm³/mol. The van der Waals surface area contributed by atoms with Gasteiger partial charge in [-0.3, -0.25) is 0 Å². The topological polar surface area (TPSA) is 175 Å². The SMILES string of the molecule is CC[N+](CC)(CC)Cc1ccccc1.[NH4+].[O-][I+2]([O-])[O-].[O-][I+2]([O-])[O-]. The van der Waals surface area contributed by atoms with E-state index >= 15 is 0 Å². The molecule has 0 unspecified atom stereocenters. The Labute approximate surface area is 155 Å². The van der Waals surface area contributed by atoms with Crippen LogP contribution in [0.15, 0.2) is 30.3 Å². The number of quaternary nitrogens is 2. The van der Waals surface area contributed by atoms with Crippen LogP contribution in [0, 0.1) is 0 Å². The molecule has 0 heterocycles. The summed E-state index contributed by atoms with van der Waals surface area (Å²) in [5.74, 6) is 0. The van der Waals surface area contributed by atoms with Crippen LogP contribution in [-0.2, 0) is 6.54 Å². The quantitative estimate of drug-likeness (QED) is 0.277. The maximum Gasteiger partial charge on any atom is 0.282 e. The summed E-state index contributed by atoms with van der Waals surface area (Å²) >= 11 is -8.03. The molecule has 0 aromatic heterocycles. The van der Waals surface area contributed by atoms with Crippen LogP contribution in [0.25, 0.3) is 0 Å². The minimum absolute atomic E-state index is 0. The molecule has 1 aromatic rings. The standard InChI is InChI=1S/C13H22N.2IO3.H3N/c1-4-14(5-2,6-3)12-13-10-8-7-9-11-13;2*2-1(3)4;/h7-11H,4-6,12H2,1-3H3;;;1H3/q+1;2*-1;/p+1. The van der Waals surface area contributed by atoms with E-state index in [0.29, 0.717) is 0 Å². The Balaban J connectivity index is -0.000000374. The van der Waals surface area contributed by atoms with Crippen molar-refractivity contribution in [2.45, 2.75) is 27.3 Å². The van der Waals surface area contributed by atoms with Crippen molar-refractivity contribution in [2.75, 3.05) is 19.6 Å². The third-order valence-corrected chi connectivity index (χ3v) is 3.37. The fourth-order valence-corrected chi connectivity index (χ4v) is 1.98. The summed E-state index contributed by atoms with van der Waals surface area (Å²) in [5.41, 5.74) is 1.46. The van der Waals surface area contributed by atoms with Crippen molar-refractivity contribution in [3.8, 4) is 0 Å². The molecule has 0 aliphatic heterocycles. The van der Waals surface area contributed by atoms with E-state index in [9.17, 15) is 0 Å². The van der Waals surface area contributed by atoms with Crippen LogP contribution in [0.4, 0.5) is 0 Å². The summed E-state index contributed by atoms with van der Waals surface area (Å²) in [6.45, 7) is 11.7. The molecule has 4 N–H and O–H groups in total. The van der Waals surface area contributed by atoms with Gasteiger partial charge < -0.3 is 31.2 Å². The van der Waals surface area contributed by atoms with Crippen LogP contribution in [0.3, 0.4) is 0 Å². The van der Waals surface area contributed by atoms with E-state index < -0.39 is 42.1 Å². The molecule has 0 spiro atoms. The molecule has 0 atom stereocenters. The van der Waals surface area contributed by atoms with Gasteiger partial charge in [-0.1, -0.05) is 30.3 Å². The molecule has 0 bridgehead atoms. The van der Waals surface area contributed by atoms with Gasteiger partial charge in [0.25, 0.3) is 42.1 Å². The Morgan fingerprint density at radius 1 is 0.739 bits per heavy atom. The van der Waals surface area contributed by atoms with Crippen LogP contribution in [0.5, 0.6) is 0 Å². The fraction of sp³-hybridized carbons (Fsp3) is 0.538. The summed E-state index contributed by atoms with van der Waals surface area (Å²) in [6, 6.07) is 10.8. The second-order valence-corrected chi connectivity index (χ2v) is 6.47. The van der Waals surface area contributed by atoms with Gasteiger partial charge in [-0.25, -0.2) is 0 Å². The first kappa shape index (κ1) is 28.2. The van der Waals surface area contributed by atoms with Crippen LogP contribution >= 0.6 is 0 Å². The molecule has 0 aliphatic rings. The lowest BCUT2D eigenvalue weighted by Gasteiger charge is -2.35. The predicted octanol–water partition coefficient (Wildman–Crippen LogP) is -9.69. The van der Waals surface area contributed by atoms with Crippen LogP contribution in [0.2, 0.25) is 0 Å². The molecule has 1 rings (SSSR count). The van der Waals surface area contributed by atoms with Gasteiger partial charge in [-0.05, 0) is 20.8 Å². The lowest BCUT2D eigenvalue weighted by atomic mass is 10.2.